The molecule has 1 atom stereocenters. The summed E-state index contributed by atoms with van der Waals surface area (Å²) in [6, 6.07) is 14.4. The van der Waals surface area contributed by atoms with Crippen LogP contribution in [0.2, 0.25) is 0 Å². The summed E-state index contributed by atoms with van der Waals surface area (Å²) in [5, 5.41) is 0. The Morgan fingerprint density at radius 2 is 1.76 bits per heavy atom. The molecular weight excluding hydrogens is 260 g/mol. The molecule has 106 valence electrons. The molecular formula is C19H18O2. The highest BCUT2D eigenvalue weighted by atomic mass is 16.5. The van der Waals surface area contributed by atoms with Crippen molar-refractivity contribution < 1.29 is 9.53 Å². The molecule has 2 aliphatic carbocycles. The molecule has 0 saturated heterocycles. The zero-order valence-electron chi connectivity index (χ0n) is 12.3. The second kappa shape index (κ2) is 4.20. The number of fused-ring (bicyclic) bond motifs is 2. The molecule has 0 bridgehead atoms. The fourth-order valence-corrected chi connectivity index (χ4v) is 4.11. The minimum absolute atomic E-state index is 0.262. The average Bonchev–Trinajstić information content (AvgIpc) is 3.00. The van der Waals surface area contributed by atoms with Crippen molar-refractivity contribution in [3.63, 3.8) is 0 Å². The molecule has 1 spiro atoms. The number of ether oxygens (including phenoxy) is 1. The number of carbonyl (C=O) groups excluding carboxylic acids is 1. The lowest BCUT2D eigenvalue weighted by Crippen LogP contribution is -2.31. The minimum Gasteiger partial charge on any atom is -0.497 e. The Balaban J connectivity index is 1.82. The van der Waals surface area contributed by atoms with Crippen LogP contribution in [0.1, 0.15) is 39.9 Å². The van der Waals surface area contributed by atoms with E-state index in [2.05, 4.69) is 37.3 Å². The molecule has 0 amide bonds. The molecule has 0 aliphatic heterocycles. The Hall–Kier alpha value is -2.09. The second-order valence-electron chi connectivity index (χ2n) is 6.28. The fraction of sp³-hybridized carbons (Fsp3) is 0.316. The lowest BCUT2D eigenvalue weighted by molar-refractivity contribution is 0.0802. The van der Waals surface area contributed by atoms with Gasteiger partial charge in [0.2, 0.25) is 0 Å². The Morgan fingerprint density at radius 3 is 2.38 bits per heavy atom. The van der Waals surface area contributed by atoms with Gasteiger partial charge in [0.1, 0.15) is 5.75 Å². The van der Waals surface area contributed by atoms with Crippen LogP contribution < -0.4 is 4.74 Å². The van der Waals surface area contributed by atoms with Crippen molar-refractivity contribution in [1.82, 2.24) is 0 Å². The largest absolute Gasteiger partial charge is 0.497 e. The molecule has 0 heterocycles. The zero-order chi connectivity index (χ0) is 14.6. The molecule has 0 saturated carbocycles. The number of carbonyl (C=O) groups is 1. The van der Waals surface area contributed by atoms with Crippen LogP contribution in [0.3, 0.4) is 0 Å². The van der Waals surface area contributed by atoms with Crippen LogP contribution in [-0.2, 0) is 12.8 Å². The maximum absolute atomic E-state index is 13.1. The Labute approximate surface area is 124 Å². The van der Waals surface area contributed by atoms with Gasteiger partial charge in [0, 0.05) is 11.0 Å². The minimum atomic E-state index is -0.279. The van der Waals surface area contributed by atoms with Gasteiger partial charge in [0.15, 0.2) is 5.78 Å². The molecule has 2 aromatic rings. The molecule has 2 nitrogen and oxygen atoms in total. The molecule has 4 rings (SSSR count). The van der Waals surface area contributed by atoms with Crippen LogP contribution in [0.4, 0.5) is 0 Å². The number of hydrogen-bond donors (Lipinski definition) is 0. The van der Waals surface area contributed by atoms with E-state index in [0.29, 0.717) is 5.78 Å². The Kier molecular flexibility index (Phi) is 2.53. The number of hydrogen-bond acceptors (Lipinski definition) is 2. The summed E-state index contributed by atoms with van der Waals surface area (Å²) < 4.78 is 5.28. The molecule has 21 heavy (non-hydrogen) atoms. The standard InChI is InChI=1S/C19H18O2/c1-12-16-8-7-15(21-2)9-17(16)18(20)19(12)10-13-5-3-4-6-14(13)11-19/h3-9,12H,10-11H2,1-2H3. The Bertz CT molecular complexity index is 720. The molecule has 0 radical (unpaired) electrons. The summed E-state index contributed by atoms with van der Waals surface area (Å²) in [7, 11) is 1.64. The van der Waals surface area contributed by atoms with E-state index >= 15 is 0 Å². The van der Waals surface area contributed by atoms with Gasteiger partial charge < -0.3 is 4.74 Å². The number of methoxy groups -OCH3 is 1. The van der Waals surface area contributed by atoms with Gasteiger partial charge in [0.25, 0.3) is 0 Å². The maximum atomic E-state index is 13.1. The highest BCUT2D eigenvalue weighted by Crippen LogP contribution is 2.54. The highest BCUT2D eigenvalue weighted by molar-refractivity contribution is 6.07. The van der Waals surface area contributed by atoms with E-state index in [4.69, 9.17) is 4.74 Å². The first kappa shape index (κ1) is 12.6. The van der Waals surface area contributed by atoms with Crippen molar-refractivity contribution in [3.05, 3.63) is 64.7 Å². The van der Waals surface area contributed by atoms with E-state index in [9.17, 15) is 4.79 Å². The number of rotatable bonds is 1. The van der Waals surface area contributed by atoms with Crippen molar-refractivity contribution in [2.45, 2.75) is 25.7 Å². The van der Waals surface area contributed by atoms with Crippen molar-refractivity contribution >= 4 is 5.78 Å². The van der Waals surface area contributed by atoms with Crippen LogP contribution in [0, 0.1) is 5.41 Å². The van der Waals surface area contributed by atoms with Crippen LogP contribution in [0.25, 0.3) is 0 Å². The van der Waals surface area contributed by atoms with E-state index in [-0.39, 0.29) is 11.3 Å². The quantitative estimate of drug-likeness (QED) is 0.793. The van der Waals surface area contributed by atoms with Gasteiger partial charge in [-0.15, -0.1) is 0 Å². The van der Waals surface area contributed by atoms with Gasteiger partial charge in [-0.05, 0) is 47.6 Å². The summed E-state index contributed by atoms with van der Waals surface area (Å²) in [4.78, 5) is 13.1. The number of Topliss-reactive ketones (excluding diaryl/α,β-unsaturated/α-hetero) is 1. The third kappa shape index (κ3) is 1.56. The van der Waals surface area contributed by atoms with Crippen molar-refractivity contribution in [3.8, 4) is 5.75 Å². The molecule has 2 heteroatoms. The molecule has 2 aliphatic rings. The lowest BCUT2D eigenvalue weighted by atomic mass is 9.74. The van der Waals surface area contributed by atoms with Gasteiger partial charge in [-0.2, -0.15) is 0 Å². The van der Waals surface area contributed by atoms with Crippen LogP contribution in [0.15, 0.2) is 42.5 Å². The van der Waals surface area contributed by atoms with Crippen molar-refractivity contribution in [2.75, 3.05) is 7.11 Å². The highest BCUT2D eigenvalue weighted by Gasteiger charge is 2.53. The summed E-state index contributed by atoms with van der Waals surface area (Å²) >= 11 is 0. The first-order chi connectivity index (χ1) is 10.2. The number of ketones is 1. The van der Waals surface area contributed by atoms with Gasteiger partial charge in [0.05, 0.1) is 7.11 Å². The van der Waals surface area contributed by atoms with Gasteiger partial charge >= 0.3 is 0 Å². The lowest BCUT2D eigenvalue weighted by Gasteiger charge is -2.27. The van der Waals surface area contributed by atoms with E-state index in [1.165, 1.54) is 16.7 Å². The monoisotopic (exact) mass is 278 g/mol. The van der Waals surface area contributed by atoms with Gasteiger partial charge in [-0.3, -0.25) is 4.79 Å². The maximum Gasteiger partial charge on any atom is 0.170 e. The Morgan fingerprint density at radius 1 is 1.10 bits per heavy atom. The van der Waals surface area contributed by atoms with Crippen LogP contribution >= 0.6 is 0 Å². The topological polar surface area (TPSA) is 26.3 Å². The van der Waals surface area contributed by atoms with Gasteiger partial charge in [-0.1, -0.05) is 37.3 Å². The van der Waals surface area contributed by atoms with Crippen molar-refractivity contribution in [2.24, 2.45) is 5.41 Å². The third-order valence-corrected chi connectivity index (χ3v) is 5.38. The predicted octanol–water partition coefficient (Wildman–Crippen LogP) is 3.78. The molecule has 0 fully saturated rings. The zero-order valence-corrected chi connectivity index (χ0v) is 12.3. The van der Waals surface area contributed by atoms with Gasteiger partial charge in [-0.25, -0.2) is 0 Å². The SMILES string of the molecule is COc1ccc2c(c1)C(=O)C1(Cc3ccccc3C1)C2C. The van der Waals surface area contributed by atoms with E-state index in [1.807, 2.05) is 12.1 Å². The summed E-state index contributed by atoms with van der Waals surface area (Å²) in [6.07, 6.45) is 1.72. The predicted molar refractivity (Wildman–Crippen MR) is 82.0 cm³/mol. The average molecular weight is 278 g/mol. The fourth-order valence-electron chi connectivity index (χ4n) is 4.11. The van der Waals surface area contributed by atoms with Crippen LogP contribution in [0.5, 0.6) is 5.75 Å². The first-order valence-corrected chi connectivity index (χ1v) is 7.45. The summed E-state index contributed by atoms with van der Waals surface area (Å²) in [6.45, 7) is 2.20. The molecule has 0 aromatic heterocycles. The molecule has 1 unspecified atom stereocenters. The first-order valence-electron chi connectivity index (χ1n) is 7.45. The second-order valence-corrected chi connectivity index (χ2v) is 6.28. The van der Waals surface area contributed by atoms with Crippen molar-refractivity contribution in [1.29, 1.82) is 0 Å². The molecule has 0 N–H and O–H groups in total. The van der Waals surface area contributed by atoms with E-state index in [1.54, 1.807) is 7.11 Å². The van der Waals surface area contributed by atoms with E-state index in [0.717, 1.165) is 24.2 Å². The third-order valence-electron chi connectivity index (χ3n) is 5.38. The summed E-state index contributed by atoms with van der Waals surface area (Å²) in [5.74, 6) is 1.32. The molecule has 2 aromatic carbocycles. The number of benzene rings is 2. The summed E-state index contributed by atoms with van der Waals surface area (Å²) in [5.41, 5.74) is 4.41. The smallest absolute Gasteiger partial charge is 0.170 e. The normalized spacial score (nSPS) is 21.4. The van der Waals surface area contributed by atoms with Crippen LogP contribution in [-0.4, -0.2) is 12.9 Å². The van der Waals surface area contributed by atoms with E-state index < -0.39 is 0 Å².